The first-order chi connectivity index (χ1) is 17.6. The lowest BCUT2D eigenvalue weighted by atomic mass is 10.1. The average Bonchev–Trinajstić information content (AvgIpc) is 3.56. The Morgan fingerprint density at radius 1 is 1.06 bits per heavy atom. The van der Waals surface area contributed by atoms with E-state index in [0.29, 0.717) is 25.2 Å². The third-order valence-electron chi connectivity index (χ3n) is 6.42. The summed E-state index contributed by atoms with van der Waals surface area (Å²) in [4.78, 5) is 18.4. The number of tetrazole rings is 1. The molecule has 5 aromatic rings. The molecule has 0 fully saturated rings. The Balaban J connectivity index is 1.52. The first-order valence-corrected chi connectivity index (χ1v) is 12.3. The third kappa shape index (κ3) is 5.28. The molecule has 5 rings (SSSR count). The predicted octanol–water partition coefficient (Wildman–Crippen LogP) is 5.01. The van der Waals surface area contributed by atoms with Crippen LogP contribution in [0.5, 0.6) is 0 Å². The van der Waals surface area contributed by atoms with Crippen LogP contribution in [-0.2, 0) is 19.6 Å². The van der Waals surface area contributed by atoms with Crippen LogP contribution < -0.4 is 5.56 Å². The van der Waals surface area contributed by atoms with E-state index < -0.39 is 0 Å². The van der Waals surface area contributed by atoms with Gasteiger partial charge in [-0.3, -0.25) is 9.69 Å². The molecule has 0 spiro atoms. The summed E-state index contributed by atoms with van der Waals surface area (Å²) in [5.41, 5.74) is 3.72. The Morgan fingerprint density at radius 2 is 1.92 bits per heavy atom. The van der Waals surface area contributed by atoms with Gasteiger partial charge < -0.3 is 9.40 Å². The van der Waals surface area contributed by atoms with Crippen molar-refractivity contribution in [2.45, 2.75) is 52.4 Å². The Morgan fingerprint density at radius 3 is 2.69 bits per heavy atom. The average molecular weight is 483 g/mol. The number of hydrogen-bond donors (Lipinski definition) is 1. The van der Waals surface area contributed by atoms with Gasteiger partial charge in [-0.05, 0) is 65.1 Å². The van der Waals surface area contributed by atoms with Gasteiger partial charge in [-0.15, -0.1) is 5.10 Å². The number of H-pyrrole nitrogens is 1. The summed E-state index contributed by atoms with van der Waals surface area (Å²) in [7, 11) is 0. The molecule has 0 unspecified atom stereocenters. The molecule has 184 valence electrons. The van der Waals surface area contributed by atoms with Crippen LogP contribution in [0.2, 0.25) is 0 Å². The molecule has 3 aromatic heterocycles. The van der Waals surface area contributed by atoms with Gasteiger partial charge in [-0.2, -0.15) is 0 Å². The third-order valence-corrected chi connectivity index (χ3v) is 6.42. The zero-order valence-corrected chi connectivity index (χ0v) is 20.6. The normalized spacial score (nSPS) is 12.4. The second-order valence-electron chi connectivity index (χ2n) is 9.18. The molecule has 0 saturated heterocycles. The van der Waals surface area contributed by atoms with Gasteiger partial charge >= 0.3 is 0 Å². The van der Waals surface area contributed by atoms with Crippen molar-refractivity contribution in [2.24, 2.45) is 0 Å². The smallest absolute Gasteiger partial charge is 0.252 e. The topological polar surface area (TPSA) is 92.8 Å². The number of furan rings is 1. The lowest BCUT2D eigenvalue weighted by molar-refractivity contribution is 0.144. The van der Waals surface area contributed by atoms with Crippen LogP contribution in [0.15, 0.2) is 82.2 Å². The second kappa shape index (κ2) is 10.7. The van der Waals surface area contributed by atoms with Gasteiger partial charge in [0.2, 0.25) is 0 Å². The number of aryl methyl sites for hydroxylation is 1. The molecule has 0 saturated carbocycles. The van der Waals surface area contributed by atoms with Crippen LogP contribution in [0.25, 0.3) is 10.9 Å². The van der Waals surface area contributed by atoms with E-state index >= 15 is 0 Å². The van der Waals surface area contributed by atoms with E-state index in [0.717, 1.165) is 46.5 Å². The van der Waals surface area contributed by atoms with Crippen LogP contribution in [0.1, 0.15) is 54.1 Å². The number of nitrogens with zero attached hydrogens (tertiary/aromatic N) is 5. The summed E-state index contributed by atoms with van der Waals surface area (Å²) in [6.07, 6.45) is 3.44. The Hall–Kier alpha value is -4.04. The zero-order valence-electron chi connectivity index (χ0n) is 20.6. The number of rotatable bonds is 10. The van der Waals surface area contributed by atoms with Gasteiger partial charge in [0.1, 0.15) is 5.76 Å². The fourth-order valence-electron chi connectivity index (χ4n) is 4.65. The minimum atomic E-state index is -0.105. The summed E-state index contributed by atoms with van der Waals surface area (Å²) < 4.78 is 7.56. The first kappa shape index (κ1) is 23.7. The number of aromatic nitrogens is 5. The molecule has 0 aliphatic carbocycles. The highest BCUT2D eigenvalue weighted by Gasteiger charge is 2.27. The number of nitrogens with one attached hydrogen (secondary N) is 1. The maximum atomic E-state index is 13.1. The lowest BCUT2D eigenvalue weighted by Gasteiger charge is -2.30. The molecule has 1 atom stereocenters. The van der Waals surface area contributed by atoms with Crippen molar-refractivity contribution in [2.75, 3.05) is 0 Å². The van der Waals surface area contributed by atoms with E-state index in [2.05, 4.69) is 57.5 Å². The predicted molar refractivity (Wildman–Crippen MR) is 138 cm³/mol. The van der Waals surface area contributed by atoms with E-state index in [1.54, 1.807) is 6.26 Å². The number of aromatic amines is 1. The van der Waals surface area contributed by atoms with Crippen molar-refractivity contribution in [3.8, 4) is 0 Å². The van der Waals surface area contributed by atoms with Crippen molar-refractivity contribution in [1.29, 1.82) is 0 Å². The largest absolute Gasteiger partial charge is 0.468 e. The zero-order chi connectivity index (χ0) is 24.9. The highest BCUT2D eigenvalue weighted by atomic mass is 16.3. The number of benzene rings is 2. The Labute approximate surface area is 209 Å². The number of fused-ring (bicyclic) bond motifs is 1. The Kier molecular flexibility index (Phi) is 7.04. The summed E-state index contributed by atoms with van der Waals surface area (Å²) >= 11 is 0. The molecule has 1 N–H and O–H groups in total. The Bertz CT molecular complexity index is 1470. The van der Waals surface area contributed by atoms with Crippen molar-refractivity contribution in [3.05, 3.63) is 112 Å². The minimum Gasteiger partial charge on any atom is -0.468 e. The number of hydrogen-bond acceptors (Lipinski definition) is 6. The van der Waals surface area contributed by atoms with E-state index in [1.807, 2.05) is 53.2 Å². The maximum absolute atomic E-state index is 13.1. The minimum absolute atomic E-state index is 0.0880. The van der Waals surface area contributed by atoms with Gasteiger partial charge in [0, 0.05) is 17.6 Å². The quantitative estimate of drug-likeness (QED) is 0.301. The molecular formula is C28H30N6O2. The van der Waals surface area contributed by atoms with Crippen LogP contribution in [-0.4, -0.2) is 30.1 Å². The SMILES string of the molecule is CCC[C@@H](c1nnnn1Cc1ccccc1)N(Cc1ccco1)Cc1cc2cc(C)ccc2[nH]c1=O. The van der Waals surface area contributed by atoms with Crippen LogP contribution in [0.4, 0.5) is 0 Å². The fourth-order valence-corrected chi connectivity index (χ4v) is 4.65. The van der Waals surface area contributed by atoms with E-state index in [4.69, 9.17) is 4.42 Å². The van der Waals surface area contributed by atoms with Gasteiger partial charge in [-0.25, -0.2) is 4.68 Å². The van der Waals surface area contributed by atoms with Crippen molar-refractivity contribution >= 4 is 10.9 Å². The van der Waals surface area contributed by atoms with Crippen molar-refractivity contribution < 1.29 is 4.42 Å². The molecule has 2 aromatic carbocycles. The maximum Gasteiger partial charge on any atom is 0.252 e. The van der Waals surface area contributed by atoms with E-state index in [9.17, 15) is 4.79 Å². The standard InChI is InChI=1S/C28H30N6O2/c1-3-8-26(27-30-31-32-34(27)17-21-9-5-4-6-10-21)33(19-24-11-7-14-36-24)18-23-16-22-15-20(2)12-13-25(22)29-28(23)35/h4-7,9-16,26H,3,8,17-19H2,1-2H3,(H,29,35)/t26-/m0/s1. The molecule has 36 heavy (non-hydrogen) atoms. The molecule has 8 nitrogen and oxygen atoms in total. The monoisotopic (exact) mass is 482 g/mol. The first-order valence-electron chi connectivity index (χ1n) is 12.3. The fraction of sp³-hybridized carbons (Fsp3) is 0.286. The second-order valence-corrected chi connectivity index (χ2v) is 9.18. The summed E-state index contributed by atoms with van der Waals surface area (Å²) in [6.45, 7) is 5.74. The molecule has 8 heteroatoms. The molecule has 0 amide bonds. The van der Waals surface area contributed by atoms with Gasteiger partial charge in [0.25, 0.3) is 5.56 Å². The summed E-state index contributed by atoms with van der Waals surface area (Å²) in [5.74, 6) is 1.60. The van der Waals surface area contributed by atoms with Gasteiger partial charge in [0.15, 0.2) is 5.82 Å². The molecule has 0 aliphatic heterocycles. The van der Waals surface area contributed by atoms with Crippen molar-refractivity contribution in [3.63, 3.8) is 0 Å². The summed E-state index contributed by atoms with van der Waals surface area (Å²) in [5, 5.41) is 13.8. The molecule has 3 heterocycles. The molecular weight excluding hydrogens is 452 g/mol. The van der Waals surface area contributed by atoms with Crippen LogP contribution >= 0.6 is 0 Å². The van der Waals surface area contributed by atoms with Crippen LogP contribution in [0, 0.1) is 6.92 Å². The highest BCUT2D eigenvalue weighted by molar-refractivity contribution is 5.79. The lowest BCUT2D eigenvalue weighted by Crippen LogP contribution is -2.32. The van der Waals surface area contributed by atoms with Gasteiger partial charge in [0.05, 0.1) is 25.4 Å². The molecule has 0 radical (unpaired) electrons. The summed E-state index contributed by atoms with van der Waals surface area (Å²) in [6, 6.07) is 21.9. The van der Waals surface area contributed by atoms with E-state index in [-0.39, 0.29) is 11.6 Å². The van der Waals surface area contributed by atoms with Crippen molar-refractivity contribution in [1.82, 2.24) is 30.1 Å². The molecule has 0 bridgehead atoms. The molecule has 0 aliphatic rings. The number of pyridine rings is 1. The van der Waals surface area contributed by atoms with Crippen LogP contribution in [0.3, 0.4) is 0 Å². The van der Waals surface area contributed by atoms with Gasteiger partial charge in [-0.1, -0.05) is 55.3 Å². The highest BCUT2D eigenvalue weighted by Crippen LogP contribution is 2.28. The van der Waals surface area contributed by atoms with E-state index in [1.165, 1.54) is 0 Å².